The molecule has 3 aromatic rings. The molecular formula is C24H28N2O3S. The van der Waals surface area contributed by atoms with Crippen molar-refractivity contribution in [2.24, 2.45) is 0 Å². The molecule has 0 fully saturated rings. The standard InChI is InChI=1S/C24H28N2O3S/c1-28-23-13-21-19(15-26-22(21)14-24(23)29-2)16-30(27)11-9-20-12-18(8-10-25-20)17-6-4-3-5-7-17/h3-8,13-15,20,25-26H,9-12,16H2,1-2H3. The Hall–Kier alpha value is -2.57. The van der Waals surface area contributed by atoms with Crippen LogP contribution in [0.5, 0.6) is 11.5 Å². The van der Waals surface area contributed by atoms with Crippen molar-refractivity contribution in [2.75, 3.05) is 26.5 Å². The van der Waals surface area contributed by atoms with Gasteiger partial charge in [0.2, 0.25) is 0 Å². The number of hydrogen-bond acceptors (Lipinski definition) is 4. The van der Waals surface area contributed by atoms with Crippen molar-refractivity contribution in [3.8, 4) is 11.5 Å². The SMILES string of the molecule is COc1cc2[nH]cc(CS(=O)CCC3CC(c4ccccc4)=CCN3)c2cc1OC. The Morgan fingerprint density at radius 1 is 1.10 bits per heavy atom. The first-order valence-electron chi connectivity index (χ1n) is 10.2. The molecule has 4 rings (SSSR count). The van der Waals surface area contributed by atoms with Gasteiger partial charge in [-0.05, 0) is 35.6 Å². The number of rotatable bonds is 8. The minimum atomic E-state index is -0.930. The summed E-state index contributed by atoms with van der Waals surface area (Å²) in [6.45, 7) is 0.867. The van der Waals surface area contributed by atoms with E-state index >= 15 is 0 Å². The molecule has 0 bridgehead atoms. The number of aromatic nitrogens is 1. The minimum Gasteiger partial charge on any atom is -0.493 e. The number of fused-ring (bicyclic) bond motifs is 1. The molecule has 0 amide bonds. The van der Waals surface area contributed by atoms with Crippen LogP contribution in [0.25, 0.3) is 16.5 Å². The highest BCUT2D eigenvalue weighted by molar-refractivity contribution is 7.84. The second-order valence-electron chi connectivity index (χ2n) is 7.55. The van der Waals surface area contributed by atoms with Crippen molar-refractivity contribution in [2.45, 2.75) is 24.6 Å². The summed E-state index contributed by atoms with van der Waals surface area (Å²) in [5, 5.41) is 4.58. The average Bonchev–Trinajstić information content (AvgIpc) is 3.18. The van der Waals surface area contributed by atoms with Gasteiger partial charge in [0, 0.05) is 52.3 Å². The Bertz CT molecular complexity index is 1060. The summed E-state index contributed by atoms with van der Waals surface area (Å²) in [4.78, 5) is 3.26. The maximum atomic E-state index is 12.8. The predicted molar refractivity (Wildman–Crippen MR) is 124 cm³/mol. The van der Waals surface area contributed by atoms with Gasteiger partial charge in [-0.15, -0.1) is 0 Å². The lowest BCUT2D eigenvalue weighted by atomic mass is 9.94. The van der Waals surface area contributed by atoms with E-state index in [9.17, 15) is 4.21 Å². The summed E-state index contributed by atoms with van der Waals surface area (Å²) in [6.07, 6.45) is 6.08. The van der Waals surface area contributed by atoms with Gasteiger partial charge in [0.1, 0.15) is 0 Å². The van der Waals surface area contributed by atoms with Crippen molar-refractivity contribution < 1.29 is 13.7 Å². The summed E-state index contributed by atoms with van der Waals surface area (Å²) in [7, 11) is 2.32. The van der Waals surface area contributed by atoms with Crippen LogP contribution in [0.1, 0.15) is 24.0 Å². The molecule has 1 aliphatic heterocycles. The molecule has 0 radical (unpaired) electrons. The van der Waals surface area contributed by atoms with Crippen LogP contribution in [-0.4, -0.2) is 41.8 Å². The molecule has 158 valence electrons. The van der Waals surface area contributed by atoms with Gasteiger partial charge in [0.15, 0.2) is 11.5 Å². The first-order chi connectivity index (χ1) is 14.7. The first kappa shape index (κ1) is 20.7. The van der Waals surface area contributed by atoms with E-state index in [2.05, 4.69) is 40.6 Å². The van der Waals surface area contributed by atoms with E-state index in [4.69, 9.17) is 9.47 Å². The Labute approximate surface area is 179 Å². The highest BCUT2D eigenvalue weighted by Crippen LogP contribution is 2.33. The lowest BCUT2D eigenvalue weighted by molar-refractivity contribution is 0.356. The van der Waals surface area contributed by atoms with Crippen molar-refractivity contribution in [1.82, 2.24) is 10.3 Å². The summed E-state index contributed by atoms with van der Waals surface area (Å²) in [6, 6.07) is 14.8. The van der Waals surface area contributed by atoms with Crippen LogP contribution in [0.3, 0.4) is 0 Å². The quantitative estimate of drug-likeness (QED) is 0.567. The Kier molecular flexibility index (Phi) is 6.55. The summed E-state index contributed by atoms with van der Waals surface area (Å²) >= 11 is 0. The van der Waals surface area contributed by atoms with Gasteiger partial charge in [-0.2, -0.15) is 0 Å². The molecule has 0 saturated carbocycles. The number of benzene rings is 2. The van der Waals surface area contributed by atoms with Crippen LogP contribution >= 0.6 is 0 Å². The Balaban J connectivity index is 1.37. The van der Waals surface area contributed by atoms with Crippen LogP contribution in [0, 0.1) is 0 Å². The number of ether oxygens (including phenoxy) is 2. The fourth-order valence-electron chi connectivity index (χ4n) is 4.01. The van der Waals surface area contributed by atoms with Gasteiger partial charge in [-0.3, -0.25) is 4.21 Å². The van der Waals surface area contributed by atoms with E-state index in [1.54, 1.807) is 14.2 Å². The second kappa shape index (κ2) is 9.49. The Morgan fingerprint density at radius 3 is 2.63 bits per heavy atom. The van der Waals surface area contributed by atoms with Gasteiger partial charge in [0.25, 0.3) is 0 Å². The van der Waals surface area contributed by atoms with Crippen LogP contribution < -0.4 is 14.8 Å². The first-order valence-corrected chi connectivity index (χ1v) is 11.7. The monoisotopic (exact) mass is 424 g/mol. The number of nitrogens with one attached hydrogen (secondary N) is 2. The fraction of sp³-hybridized carbons (Fsp3) is 0.333. The zero-order chi connectivity index (χ0) is 20.9. The average molecular weight is 425 g/mol. The predicted octanol–water partition coefficient (Wildman–Crippen LogP) is 4.27. The maximum Gasteiger partial charge on any atom is 0.162 e. The van der Waals surface area contributed by atoms with E-state index in [0.717, 1.165) is 35.9 Å². The third-order valence-electron chi connectivity index (χ3n) is 5.65. The van der Waals surface area contributed by atoms with Crippen LogP contribution in [-0.2, 0) is 16.6 Å². The van der Waals surface area contributed by atoms with E-state index in [1.165, 1.54) is 11.1 Å². The number of methoxy groups -OCH3 is 2. The second-order valence-corrected chi connectivity index (χ2v) is 9.12. The van der Waals surface area contributed by atoms with Gasteiger partial charge < -0.3 is 19.8 Å². The molecule has 0 spiro atoms. The fourth-order valence-corrected chi connectivity index (χ4v) is 5.28. The normalized spacial score (nSPS) is 17.5. The highest BCUT2D eigenvalue weighted by Gasteiger charge is 2.18. The lowest BCUT2D eigenvalue weighted by Crippen LogP contribution is -2.34. The van der Waals surface area contributed by atoms with Crippen LogP contribution in [0.2, 0.25) is 0 Å². The van der Waals surface area contributed by atoms with Crippen molar-refractivity contribution in [3.63, 3.8) is 0 Å². The van der Waals surface area contributed by atoms with E-state index < -0.39 is 10.8 Å². The van der Waals surface area contributed by atoms with Crippen molar-refractivity contribution in [1.29, 1.82) is 0 Å². The van der Waals surface area contributed by atoms with Gasteiger partial charge >= 0.3 is 0 Å². The topological polar surface area (TPSA) is 63.4 Å². The molecular weight excluding hydrogens is 396 g/mol. The van der Waals surface area contributed by atoms with Crippen molar-refractivity contribution >= 4 is 27.3 Å². The van der Waals surface area contributed by atoms with E-state index in [-0.39, 0.29) is 0 Å². The molecule has 0 aliphatic carbocycles. The summed E-state index contributed by atoms with van der Waals surface area (Å²) in [5.41, 5.74) is 4.67. The zero-order valence-corrected chi connectivity index (χ0v) is 18.3. The highest BCUT2D eigenvalue weighted by atomic mass is 32.2. The third-order valence-corrected chi connectivity index (χ3v) is 6.97. The van der Waals surface area contributed by atoms with E-state index in [1.807, 2.05) is 24.4 Å². The third kappa shape index (κ3) is 4.60. The molecule has 2 heterocycles. The smallest absolute Gasteiger partial charge is 0.162 e. The molecule has 2 unspecified atom stereocenters. The molecule has 1 aliphatic rings. The summed E-state index contributed by atoms with van der Waals surface area (Å²) < 4.78 is 23.6. The van der Waals surface area contributed by atoms with Crippen LogP contribution in [0.4, 0.5) is 0 Å². The maximum absolute atomic E-state index is 12.8. The van der Waals surface area contributed by atoms with Crippen LogP contribution in [0.15, 0.2) is 54.7 Å². The van der Waals surface area contributed by atoms with E-state index in [0.29, 0.717) is 29.0 Å². The molecule has 6 heteroatoms. The largest absolute Gasteiger partial charge is 0.493 e. The molecule has 0 saturated heterocycles. The zero-order valence-electron chi connectivity index (χ0n) is 17.4. The Morgan fingerprint density at radius 2 is 1.87 bits per heavy atom. The molecule has 1 aromatic heterocycles. The number of hydrogen-bond donors (Lipinski definition) is 2. The molecule has 2 atom stereocenters. The van der Waals surface area contributed by atoms with Gasteiger partial charge in [-0.1, -0.05) is 36.4 Å². The molecule has 2 aromatic carbocycles. The number of aromatic amines is 1. The minimum absolute atomic E-state index is 0.362. The molecule has 2 N–H and O–H groups in total. The molecule has 30 heavy (non-hydrogen) atoms. The van der Waals surface area contributed by atoms with Crippen molar-refractivity contribution in [3.05, 3.63) is 65.9 Å². The number of H-pyrrole nitrogens is 1. The lowest BCUT2D eigenvalue weighted by Gasteiger charge is -2.24. The summed E-state index contributed by atoms with van der Waals surface area (Å²) in [5.74, 6) is 2.58. The molecule has 5 nitrogen and oxygen atoms in total. The van der Waals surface area contributed by atoms with Gasteiger partial charge in [-0.25, -0.2) is 0 Å². The van der Waals surface area contributed by atoms with Gasteiger partial charge in [0.05, 0.1) is 20.0 Å².